The van der Waals surface area contributed by atoms with Crippen molar-refractivity contribution in [1.82, 2.24) is 4.90 Å². The van der Waals surface area contributed by atoms with Gasteiger partial charge in [-0.1, -0.05) is 0 Å². The predicted octanol–water partition coefficient (Wildman–Crippen LogP) is 4.19. The molecule has 1 aliphatic rings. The summed E-state index contributed by atoms with van der Waals surface area (Å²) in [6, 6.07) is 10.1. The molecule has 0 atom stereocenters. The first-order valence-electron chi connectivity index (χ1n) is 10.6. The number of piperazine rings is 1. The van der Waals surface area contributed by atoms with Crippen molar-refractivity contribution in [1.29, 1.82) is 0 Å². The molecule has 0 N–H and O–H groups in total. The zero-order chi connectivity index (χ0) is 22.4. The van der Waals surface area contributed by atoms with Gasteiger partial charge in [0.1, 0.15) is 17.0 Å². The predicted molar refractivity (Wildman–Crippen MR) is 121 cm³/mol. The van der Waals surface area contributed by atoms with Gasteiger partial charge < -0.3 is 18.6 Å². The molecule has 1 fully saturated rings. The van der Waals surface area contributed by atoms with Gasteiger partial charge >= 0.3 is 5.63 Å². The van der Waals surface area contributed by atoms with Crippen LogP contribution in [0.5, 0.6) is 0 Å². The molecule has 1 aliphatic heterocycles. The van der Waals surface area contributed by atoms with Crippen molar-refractivity contribution in [3.8, 4) is 0 Å². The first-order chi connectivity index (χ1) is 15.4. The lowest BCUT2D eigenvalue weighted by molar-refractivity contribution is -0.130. The molecule has 7 heteroatoms. The highest BCUT2D eigenvalue weighted by Crippen LogP contribution is 2.29. The molecule has 164 valence electrons. The number of rotatable bonds is 3. The van der Waals surface area contributed by atoms with Gasteiger partial charge in [-0.3, -0.25) is 4.79 Å². The van der Waals surface area contributed by atoms with Crippen molar-refractivity contribution < 1.29 is 18.0 Å². The van der Waals surface area contributed by atoms with Crippen molar-refractivity contribution >= 4 is 33.5 Å². The Labute approximate surface area is 183 Å². The molecule has 1 amide bonds. The lowest BCUT2D eigenvalue weighted by atomic mass is 10.0. The highest BCUT2D eigenvalue weighted by atomic mass is 19.1. The van der Waals surface area contributed by atoms with E-state index in [1.54, 1.807) is 29.4 Å². The SMILES string of the molecule is Cc1coc2cc3oc(=O)c(CC(=O)N4CCN(c5ccc(F)cc5)CC4)c(C)c3cc12. The standard InChI is InChI=1S/C25H23FN2O4/c1-15-14-31-22-13-23-20(11-19(15)22)16(2)21(25(30)32-23)12-24(29)28-9-7-27(8-10-28)18-5-3-17(26)4-6-18/h3-6,11,13-14H,7-10,12H2,1-2H3. The summed E-state index contributed by atoms with van der Waals surface area (Å²) in [5, 5.41) is 1.77. The number of furan rings is 1. The highest BCUT2D eigenvalue weighted by molar-refractivity contribution is 5.96. The molecule has 4 aromatic rings. The lowest BCUT2D eigenvalue weighted by Gasteiger charge is -2.36. The monoisotopic (exact) mass is 434 g/mol. The smallest absolute Gasteiger partial charge is 0.340 e. The summed E-state index contributed by atoms with van der Waals surface area (Å²) in [6.07, 6.45) is 1.68. The minimum absolute atomic E-state index is 0.00304. The lowest BCUT2D eigenvalue weighted by Crippen LogP contribution is -2.49. The number of aryl methyl sites for hydroxylation is 2. The number of hydrogen-bond acceptors (Lipinski definition) is 5. The van der Waals surface area contributed by atoms with Crippen molar-refractivity contribution in [2.75, 3.05) is 31.1 Å². The van der Waals surface area contributed by atoms with E-state index in [9.17, 15) is 14.0 Å². The second-order valence-corrected chi connectivity index (χ2v) is 8.28. The van der Waals surface area contributed by atoms with Gasteiger partial charge in [0.05, 0.1) is 18.2 Å². The van der Waals surface area contributed by atoms with Gasteiger partial charge in [0.25, 0.3) is 0 Å². The summed E-state index contributed by atoms with van der Waals surface area (Å²) in [6.45, 7) is 6.21. The van der Waals surface area contributed by atoms with Crippen LogP contribution in [0.25, 0.3) is 21.9 Å². The van der Waals surface area contributed by atoms with Gasteiger partial charge in [0, 0.05) is 48.7 Å². The average molecular weight is 434 g/mol. The third kappa shape index (κ3) is 3.53. The fourth-order valence-electron chi connectivity index (χ4n) is 4.37. The van der Waals surface area contributed by atoms with Crippen LogP contribution in [0.3, 0.4) is 0 Å². The van der Waals surface area contributed by atoms with Crippen LogP contribution in [-0.2, 0) is 11.2 Å². The number of nitrogens with zero attached hydrogens (tertiary/aromatic N) is 2. The number of anilines is 1. The van der Waals surface area contributed by atoms with E-state index in [-0.39, 0.29) is 18.1 Å². The molecular weight excluding hydrogens is 411 g/mol. The molecule has 2 aromatic carbocycles. The Morgan fingerprint density at radius 3 is 2.44 bits per heavy atom. The Bertz CT molecular complexity index is 1380. The molecule has 6 nitrogen and oxygen atoms in total. The largest absolute Gasteiger partial charge is 0.464 e. The fourth-order valence-corrected chi connectivity index (χ4v) is 4.37. The fraction of sp³-hybridized carbons (Fsp3) is 0.280. The van der Waals surface area contributed by atoms with E-state index in [2.05, 4.69) is 4.90 Å². The normalized spacial score (nSPS) is 14.5. The summed E-state index contributed by atoms with van der Waals surface area (Å²) >= 11 is 0. The number of benzene rings is 2. The van der Waals surface area contributed by atoms with E-state index in [0.717, 1.165) is 27.6 Å². The number of carbonyl (C=O) groups excluding carboxylic acids is 1. The van der Waals surface area contributed by atoms with E-state index in [0.29, 0.717) is 42.9 Å². The Balaban J connectivity index is 1.35. The highest BCUT2D eigenvalue weighted by Gasteiger charge is 2.24. The minimum atomic E-state index is -0.490. The molecule has 0 spiro atoms. The van der Waals surface area contributed by atoms with Gasteiger partial charge in [-0.2, -0.15) is 0 Å². The molecule has 0 radical (unpaired) electrons. The zero-order valence-electron chi connectivity index (χ0n) is 18.0. The third-order valence-electron chi connectivity index (χ3n) is 6.33. The van der Waals surface area contributed by atoms with Crippen LogP contribution in [-0.4, -0.2) is 37.0 Å². The van der Waals surface area contributed by atoms with Crippen LogP contribution in [0.1, 0.15) is 16.7 Å². The van der Waals surface area contributed by atoms with Crippen molar-refractivity contribution in [2.45, 2.75) is 20.3 Å². The molecule has 5 rings (SSSR count). The van der Waals surface area contributed by atoms with Crippen LogP contribution in [0.4, 0.5) is 10.1 Å². The Morgan fingerprint density at radius 2 is 1.72 bits per heavy atom. The summed E-state index contributed by atoms with van der Waals surface area (Å²) in [7, 11) is 0. The van der Waals surface area contributed by atoms with Crippen LogP contribution in [0.15, 0.2) is 56.3 Å². The number of carbonyl (C=O) groups is 1. The maximum Gasteiger partial charge on any atom is 0.340 e. The second kappa shape index (κ2) is 7.82. The summed E-state index contributed by atoms with van der Waals surface area (Å²) in [5.41, 5.74) is 3.73. The quantitative estimate of drug-likeness (QED) is 0.453. The molecule has 2 aromatic heterocycles. The van der Waals surface area contributed by atoms with Gasteiger partial charge in [-0.25, -0.2) is 9.18 Å². The van der Waals surface area contributed by atoms with Gasteiger partial charge in [-0.05, 0) is 55.3 Å². The molecule has 0 saturated carbocycles. The summed E-state index contributed by atoms with van der Waals surface area (Å²) < 4.78 is 24.2. The van der Waals surface area contributed by atoms with Crippen LogP contribution < -0.4 is 10.5 Å². The molecule has 0 aliphatic carbocycles. The molecular formula is C25H23FN2O4. The average Bonchev–Trinajstić information content (AvgIpc) is 3.15. The third-order valence-corrected chi connectivity index (χ3v) is 6.33. The van der Waals surface area contributed by atoms with E-state index in [1.165, 1.54) is 12.1 Å². The van der Waals surface area contributed by atoms with E-state index >= 15 is 0 Å². The van der Waals surface area contributed by atoms with Crippen molar-refractivity contribution in [2.24, 2.45) is 0 Å². The number of hydrogen-bond donors (Lipinski definition) is 0. The van der Waals surface area contributed by atoms with E-state index in [4.69, 9.17) is 8.83 Å². The summed E-state index contributed by atoms with van der Waals surface area (Å²) in [4.78, 5) is 29.5. The van der Waals surface area contributed by atoms with E-state index < -0.39 is 5.63 Å². The molecule has 32 heavy (non-hydrogen) atoms. The van der Waals surface area contributed by atoms with Crippen molar-refractivity contribution in [3.63, 3.8) is 0 Å². The Kier molecular flexibility index (Phi) is 4.96. The Morgan fingerprint density at radius 1 is 1.00 bits per heavy atom. The molecule has 3 heterocycles. The minimum Gasteiger partial charge on any atom is -0.464 e. The van der Waals surface area contributed by atoms with Gasteiger partial charge in [-0.15, -0.1) is 0 Å². The Hall–Kier alpha value is -3.61. The molecule has 0 bridgehead atoms. The zero-order valence-corrected chi connectivity index (χ0v) is 18.0. The molecule has 0 unspecified atom stereocenters. The first kappa shape index (κ1) is 20.3. The van der Waals surface area contributed by atoms with E-state index in [1.807, 2.05) is 19.9 Å². The number of halogens is 1. The van der Waals surface area contributed by atoms with Gasteiger partial charge in [0.15, 0.2) is 0 Å². The number of fused-ring (bicyclic) bond motifs is 2. The van der Waals surface area contributed by atoms with Gasteiger partial charge in [0.2, 0.25) is 5.91 Å². The first-order valence-corrected chi connectivity index (χ1v) is 10.6. The van der Waals surface area contributed by atoms with Crippen molar-refractivity contribution in [3.05, 3.63) is 75.6 Å². The van der Waals surface area contributed by atoms with Crippen LogP contribution in [0.2, 0.25) is 0 Å². The topological polar surface area (TPSA) is 66.9 Å². The summed E-state index contributed by atoms with van der Waals surface area (Å²) in [5.74, 6) is -0.366. The number of amides is 1. The van der Waals surface area contributed by atoms with Crippen LogP contribution >= 0.6 is 0 Å². The molecule has 1 saturated heterocycles. The maximum absolute atomic E-state index is 13.2. The van der Waals surface area contributed by atoms with Crippen LogP contribution in [0, 0.1) is 19.7 Å². The maximum atomic E-state index is 13.2. The second-order valence-electron chi connectivity index (χ2n) is 8.28.